The Balaban J connectivity index is 1.99. The van der Waals surface area contributed by atoms with Crippen LogP contribution in [0, 0.1) is 11.8 Å². The SMILES string of the molecule is CN(Cc1cccnc1)Cc1cccc(C#CCO)c1. The molecule has 2 aromatic rings. The van der Waals surface area contributed by atoms with Crippen molar-refractivity contribution in [3.8, 4) is 11.8 Å². The Morgan fingerprint density at radius 2 is 1.95 bits per heavy atom. The van der Waals surface area contributed by atoms with Crippen molar-refractivity contribution >= 4 is 0 Å². The third kappa shape index (κ3) is 4.51. The molecule has 0 spiro atoms. The van der Waals surface area contributed by atoms with Crippen molar-refractivity contribution in [3.63, 3.8) is 0 Å². The molecule has 0 atom stereocenters. The molecule has 1 aromatic heterocycles. The van der Waals surface area contributed by atoms with E-state index in [1.807, 2.05) is 24.4 Å². The summed E-state index contributed by atoms with van der Waals surface area (Å²) in [5, 5.41) is 8.72. The number of aliphatic hydroxyl groups is 1. The van der Waals surface area contributed by atoms with Gasteiger partial charge in [-0.25, -0.2) is 0 Å². The zero-order chi connectivity index (χ0) is 14.2. The number of aliphatic hydroxyl groups excluding tert-OH is 1. The molecule has 0 fully saturated rings. The highest BCUT2D eigenvalue weighted by molar-refractivity contribution is 5.37. The van der Waals surface area contributed by atoms with Gasteiger partial charge in [0.25, 0.3) is 0 Å². The van der Waals surface area contributed by atoms with Crippen LogP contribution in [-0.4, -0.2) is 28.6 Å². The maximum Gasteiger partial charge on any atom is 0.104 e. The monoisotopic (exact) mass is 266 g/mol. The lowest BCUT2D eigenvalue weighted by Gasteiger charge is -2.16. The molecule has 0 bridgehead atoms. The quantitative estimate of drug-likeness (QED) is 0.861. The predicted molar refractivity (Wildman–Crippen MR) is 79.8 cm³/mol. The lowest BCUT2D eigenvalue weighted by atomic mass is 10.1. The number of rotatable bonds is 4. The van der Waals surface area contributed by atoms with Crippen LogP contribution in [-0.2, 0) is 13.1 Å². The second kappa shape index (κ2) is 7.44. The molecular weight excluding hydrogens is 248 g/mol. The largest absolute Gasteiger partial charge is 0.384 e. The molecule has 20 heavy (non-hydrogen) atoms. The maximum atomic E-state index is 8.72. The summed E-state index contributed by atoms with van der Waals surface area (Å²) in [4.78, 5) is 6.36. The van der Waals surface area contributed by atoms with Gasteiger partial charge in [0.2, 0.25) is 0 Å². The van der Waals surface area contributed by atoms with Gasteiger partial charge in [0.05, 0.1) is 0 Å². The van der Waals surface area contributed by atoms with Crippen LogP contribution in [0.2, 0.25) is 0 Å². The molecular formula is C17H18N2O. The molecule has 0 unspecified atom stereocenters. The fourth-order valence-electron chi connectivity index (χ4n) is 2.06. The third-order valence-corrected chi connectivity index (χ3v) is 2.87. The van der Waals surface area contributed by atoms with Crippen molar-refractivity contribution in [2.24, 2.45) is 0 Å². The first kappa shape index (κ1) is 14.3. The fraction of sp³-hybridized carbons (Fsp3) is 0.235. The summed E-state index contributed by atoms with van der Waals surface area (Å²) in [5.74, 6) is 5.60. The highest BCUT2D eigenvalue weighted by Crippen LogP contribution is 2.09. The van der Waals surface area contributed by atoms with Crippen molar-refractivity contribution in [1.29, 1.82) is 0 Å². The van der Waals surface area contributed by atoms with Gasteiger partial charge in [-0.3, -0.25) is 9.88 Å². The molecule has 0 amide bonds. The van der Waals surface area contributed by atoms with Crippen LogP contribution in [0.15, 0.2) is 48.8 Å². The zero-order valence-corrected chi connectivity index (χ0v) is 11.6. The van der Waals surface area contributed by atoms with Crippen LogP contribution < -0.4 is 0 Å². The first-order chi connectivity index (χ1) is 9.78. The summed E-state index contributed by atoms with van der Waals surface area (Å²) in [7, 11) is 2.08. The molecule has 0 aliphatic carbocycles. The number of nitrogens with zero attached hydrogens (tertiary/aromatic N) is 2. The molecule has 0 aliphatic rings. The predicted octanol–water partition coefficient (Wildman–Crippen LogP) is 2.06. The Hall–Kier alpha value is -2.15. The minimum atomic E-state index is -0.106. The average Bonchev–Trinajstić information content (AvgIpc) is 2.46. The van der Waals surface area contributed by atoms with Gasteiger partial charge in [-0.1, -0.05) is 30.0 Å². The van der Waals surface area contributed by atoms with Crippen molar-refractivity contribution in [3.05, 3.63) is 65.5 Å². The van der Waals surface area contributed by atoms with Crippen molar-refractivity contribution in [2.45, 2.75) is 13.1 Å². The van der Waals surface area contributed by atoms with Crippen LogP contribution in [0.25, 0.3) is 0 Å². The summed E-state index contributed by atoms with van der Waals surface area (Å²) < 4.78 is 0. The minimum absolute atomic E-state index is 0.106. The average molecular weight is 266 g/mol. The highest BCUT2D eigenvalue weighted by atomic mass is 16.2. The van der Waals surface area contributed by atoms with E-state index >= 15 is 0 Å². The van der Waals surface area contributed by atoms with E-state index in [4.69, 9.17) is 5.11 Å². The molecule has 0 saturated heterocycles. The number of hydrogen-bond acceptors (Lipinski definition) is 3. The smallest absolute Gasteiger partial charge is 0.104 e. The van der Waals surface area contributed by atoms with E-state index in [0.29, 0.717) is 0 Å². The third-order valence-electron chi connectivity index (χ3n) is 2.87. The van der Waals surface area contributed by atoms with E-state index in [9.17, 15) is 0 Å². The molecule has 0 aliphatic heterocycles. The fourth-order valence-corrected chi connectivity index (χ4v) is 2.06. The Morgan fingerprint density at radius 3 is 2.70 bits per heavy atom. The van der Waals surface area contributed by atoms with Crippen LogP contribution in [0.1, 0.15) is 16.7 Å². The van der Waals surface area contributed by atoms with Crippen LogP contribution in [0.5, 0.6) is 0 Å². The first-order valence-corrected chi connectivity index (χ1v) is 6.54. The van der Waals surface area contributed by atoms with Gasteiger partial charge in [0.1, 0.15) is 6.61 Å². The van der Waals surface area contributed by atoms with E-state index in [0.717, 1.165) is 18.7 Å². The maximum absolute atomic E-state index is 8.72. The zero-order valence-electron chi connectivity index (χ0n) is 11.6. The van der Waals surface area contributed by atoms with Gasteiger partial charge in [-0.2, -0.15) is 0 Å². The van der Waals surface area contributed by atoms with Crippen LogP contribution >= 0.6 is 0 Å². The van der Waals surface area contributed by atoms with Gasteiger partial charge in [-0.05, 0) is 36.4 Å². The van der Waals surface area contributed by atoms with E-state index < -0.39 is 0 Å². The van der Waals surface area contributed by atoms with Crippen molar-refractivity contribution in [2.75, 3.05) is 13.7 Å². The molecule has 0 saturated carbocycles. The number of aromatic nitrogens is 1. The Morgan fingerprint density at radius 1 is 1.15 bits per heavy atom. The molecule has 3 heteroatoms. The molecule has 2 rings (SSSR count). The van der Waals surface area contributed by atoms with Crippen molar-refractivity contribution in [1.82, 2.24) is 9.88 Å². The second-order valence-corrected chi connectivity index (χ2v) is 4.69. The minimum Gasteiger partial charge on any atom is -0.384 e. The highest BCUT2D eigenvalue weighted by Gasteiger charge is 2.02. The van der Waals surface area contributed by atoms with Gasteiger partial charge in [0.15, 0.2) is 0 Å². The Kier molecular flexibility index (Phi) is 5.31. The second-order valence-electron chi connectivity index (χ2n) is 4.69. The number of benzene rings is 1. The van der Waals surface area contributed by atoms with Crippen LogP contribution in [0.3, 0.4) is 0 Å². The summed E-state index contributed by atoms with van der Waals surface area (Å²) >= 11 is 0. The lowest BCUT2D eigenvalue weighted by molar-refractivity contribution is 0.318. The topological polar surface area (TPSA) is 36.4 Å². The summed E-state index contributed by atoms with van der Waals surface area (Å²) in [6, 6.07) is 12.1. The molecule has 1 heterocycles. The van der Waals surface area contributed by atoms with Crippen LogP contribution in [0.4, 0.5) is 0 Å². The summed E-state index contributed by atoms with van der Waals surface area (Å²) in [6.07, 6.45) is 3.67. The molecule has 102 valence electrons. The van der Waals surface area contributed by atoms with Gasteiger partial charge in [-0.15, -0.1) is 0 Å². The molecule has 3 nitrogen and oxygen atoms in total. The van der Waals surface area contributed by atoms with E-state index in [1.54, 1.807) is 6.20 Å². The standard InChI is InChI=1S/C17H18N2O/c1-19(14-17-7-3-9-18-12-17)13-16-6-2-5-15(11-16)8-4-10-20/h2-3,5-7,9,11-12,20H,10,13-14H2,1H3. The van der Waals surface area contributed by atoms with Gasteiger partial charge in [0, 0.05) is 31.0 Å². The lowest BCUT2D eigenvalue weighted by Crippen LogP contribution is -2.17. The number of pyridine rings is 1. The summed E-state index contributed by atoms with van der Waals surface area (Å²) in [6.45, 7) is 1.61. The van der Waals surface area contributed by atoms with Gasteiger partial charge >= 0.3 is 0 Å². The van der Waals surface area contributed by atoms with E-state index in [2.05, 4.69) is 47.0 Å². The van der Waals surface area contributed by atoms with Crippen molar-refractivity contribution < 1.29 is 5.11 Å². The first-order valence-electron chi connectivity index (χ1n) is 6.54. The Bertz CT molecular complexity index is 599. The van der Waals surface area contributed by atoms with E-state index in [-0.39, 0.29) is 6.61 Å². The number of hydrogen-bond donors (Lipinski definition) is 1. The molecule has 1 N–H and O–H groups in total. The normalized spacial score (nSPS) is 10.2. The summed E-state index contributed by atoms with van der Waals surface area (Å²) in [5.41, 5.74) is 3.35. The van der Waals surface area contributed by atoms with Gasteiger partial charge < -0.3 is 5.11 Å². The molecule has 0 radical (unpaired) electrons. The molecule has 1 aromatic carbocycles. The van der Waals surface area contributed by atoms with E-state index in [1.165, 1.54) is 11.1 Å². The Labute approximate surface area is 119 Å².